The minimum Gasteiger partial charge on any atom is -0.364 e. The van der Waals surface area contributed by atoms with Gasteiger partial charge in [0.1, 0.15) is 5.69 Å². The number of hydrogen-bond donors (Lipinski definition) is 1. The monoisotopic (exact) mass is 184 g/mol. The van der Waals surface area contributed by atoms with Crippen molar-refractivity contribution in [1.82, 2.24) is 4.98 Å². The van der Waals surface area contributed by atoms with E-state index < -0.39 is 5.91 Å². The Hall–Kier alpha value is -0.900. The van der Waals surface area contributed by atoms with Crippen molar-refractivity contribution in [3.8, 4) is 0 Å². The van der Waals surface area contributed by atoms with Crippen LogP contribution in [-0.2, 0) is 0 Å². The van der Waals surface area contributed by atoms with Crippen LogP contribution in [0.15, 0.2) is 0 Å². The lowest BCUT2D eigenvalue weighted by atomic mass is 10.1. The Morgan fingerprint density at radius 3 is 2.50 bits per heavy atom. The molecule has 66 valence electrons. The van der Waals surface area contributed by atoms with Crippen molar-refractivity contribution in [2.45, 2.75) is 26.7 Å². The van der Waals surface area contributed by atoms with Gasteiger partial charge in [-0.3, -0.25) is 4.79 Å². The molecule has 1 rings (SSSR count). The van der Waals surface area contributed by atoms with Gasteiger partial charge in [-0.05, 0) is 12.8 Å². The molecule has 3 nitrogen and oxygen atoms in total. The highest BCUT2D eigenvalue weighted by Crippen LogP contribution is 2.25. The first-order chi connectivity index (χ1) is 5.52. The van der Waals surface area contributed by atoms with Crippen LogP contribution in [0.2, 0.25) is 0 Å². The Balaban J connectivity index is 3.17. The molecule has 0 radical (unpaired) electrons. The van der Waals surface area contributed by atoms with Crippen LogP contribution in [0.4, 0.5) is 0 Å². The zero-order valence-electron chi connectivity index (χ0n) is 7.42. The average molecular weight is 184 g/mol. The van der Waals surface area contributed by atoms with E-state index >= 15 is 0 Å². The molecule has 0 aliphatic heterocycles. The van der Waals surface area contributed by atoms with Crippen LogP contribution < -0.4 is 5.73 Å². The van der Waals surface area contributed by atoms with Crippen molar-refractivity contribution in [3.05, 3.63) is 15.6 Å². The topological polar surface area (TPSA) is 56.0 Å². The Morgan fingerprint density at radius 2 is 2.17 bits per heavy atom. The molecular formula is C8H12N2OS. The van der Waals surface area contributed by atoms with Crippen molar-refractivity contribution in [3.63, 3.8) is 0 Å². The Morgan fingerprint density at radius 1 is 1.58 bits per heavy atom. The number of aromatic nitrogens is 1. The minimum atomic E-state index is -0.428. The molecule has 12 heavy (non-hydrogen) atoms. The van der Waals surface area contributed by atoms with E-state index in [1.807, 2.05) is 20.8 Å². The first-order valence-corrected chi connectivity index (χ1v) is 4.61. The number of carbonyl (C=O) groups excluding carboxylic acids is 1. The number of hydrogen-bond acceptors (Lipinski definition) is 3. The maximum atomic E-state index is 10.9. The smallest absolute Gasteiger partial charge is 0.268 e. The molecule has 0 bridgehead atoms. The predicted molar refractivity (Wildman–Crippen MR) is 49.5 cm³/mol. The predicted octanol–water partition coefficient (Wildman–Crippen LogP) is 1.67. The molecule has 1 amide bonds. The molecule has 0 spiro atoms. The van der Waals surface area contributed by atoms with E-state index in [0.717, 1.165) is 9.88 Å². The first-order valence-electron chi connectivity index (χ1n) is 3.79. The fourth-order valence-electron chi connectivity index (χ4n) is 1.01. The molecule has 0 atom stereocenters. The van der Waals surface area contributed by atoms with Gasteiger partial charge < -0.3 is 5.73 Å². The van der Waals surface area contributed by atoms with Crippen molar-refractivity contribution in [2.75, 3.05) is 0 Å². The molecule has 0 aromatic carbocycles. The molecule has 0 saturated heterocycles. The number of nitrogens with zero attached hydrogens (tertiary/aromatic N) is 1. The van der Waals surface area contributed by atoms with E-state index in [4.69, 9.17) is 5.73 Å². The van der Waals surface area contributed by atoms with Gasteiger partial charge in [0.2, 0.25) is 0 Å². The largest absolute Gasteiger partial charge is 0.364 e. The van der Waals surface area contributed by atoms with Crippen molar-refractivity contribution < 1.29 is 4.79 Å². The zero-order chi connectivity index (χ0) is 9.30. The molecule has 0 aliphatic carbocycles. The van der Waals surface area contributed by atoms with Gasteiger partial charge >= 0.3 is 0 Å². The molecule has 0 unspecified atom stereocenters. The molecule has 0 aliphatic rings. The number of nitrogens with two attached hydrogens (primary N) is 1. The SMILES string of the molecule is Cc1nc(C(N)=O)c(C(C)C)s1. The van der Waals surface area contributed by atoms with E-state index in [0.29, 0.717) is 11.6 Å². The van der Waals surface area contributed by atoms with Crippen molar-refractivity contribution in [1.29, 1.82) is 0 Å². The molecule has 4 heteroatoms. The highest BCUT2D eigenvalue weighted by atomic mass is 32.1. The Kier molecular flexibility index (Phi) is 2.47. The summed E-state index contributed by atoms with van der Waals surface area (Å²) in [6, 6.07) is 0. The lowest BCUT2D eigenvalue weighted by Crippen LogP contribution is -2.13. The van der Waals surface area contributed by atoms with Crippen LogP contribution in [0.5, 0.6) is 0 Å². The van der Waals surface area contributed by atoms with Crippen LogP contribution in [0, 0.1) is 6.92 Å². The van der Waals surface area contributed by atoms with E-state index in [9.17, 15) is 4.79 Å². The molecule has 1 aromatic rings. The van der Waals surface area contributed by atoms with Crippen LogP contribution in [0.25, 0.3) is 0 Å². The van der Waals surface area contributed by atoms with Gasteiger partial charge in [0.25, 0.3) is 5.91 Å². The van der Waals surface area contributed by atoms with Gasteiger partial charge in [0, 0.05) is 4.88 Å². The third kappa shape index (κ3) is 1.64. The maximum absolute atomic E-state index is 10.9. The van der Waals surface area contributed by atoms with E-state index in [-0.39, 0.29) is 0 Å². The summed E-state index contributed by atoms with van der Waals surface area (Å²) in [5, 5.41) is 0.896. The summed E-state index contributed by atoms with van der Waals surface area (Å²) < 4.78 is 0. The normalized spacial score (nSPS) is 10.7. The Labute approximate surface area is 75.6 Å². The summed E-state index contributed by atoms with van der Waals surface area (Å²) in [5.41, 5.74) is 5.61. The molecular weight excluding hydrogens is 172 g/mol. The van der Waals surface area contributed by atoms with Gasteiger partial charge in [-0.15, -0.1) is 11.3 Å². The van der Waals surface area contributed by atoms with Crippen LogP contribution >= 0.6 is 11.3 Å². The van der Waals surface area contributed by atoms with Gasteiger partial charge in [0.15, 0.2) is 0 Å². The fourth-order valence-corrected chi connectivity index (χ4v) is 1.94. The van der Waals surface area contributed by atoms with Gasteiger partial charge in [-0.25, -0.2) is 4.98 Å². The van der Waals surface area contributed by atoms with E-state index in [1.165, 1.54) is 11.3 Å². The number of primary amides is 1. The summed E-state index contributed by atoms with van der Waals surface area (Å²) in [7, 11) is 0. The maximum Gasteiger partial charge on any atom is 0.268 e. The van der Waals surface area contributed by atoms with Crippen molar-refractivity contribution in [2.24, 2.45) is 5.73 Å². The Bertz CT molecular complexity index is 304. The summed E-state index contributed by atoms with van der Waals surface area (Å²) >= 11 is 1.54. The van der Waals surface area contributed by atoms with Crippen molar-refractivity contribution >= 4 is 17.2 Å². The van der Waals surface area contributed by atoms with Crippen LogP contribution in [0.1, 0.15) is 40.1 Å². The summed E-state index contributed by atoms with van der Waals surface area (Å²) in [6.45, 7) is 5.93. The molecule has 0 saturated carbocycles. The fraction of sp³-hybridized carbons (Fsp3) is 0.500. The van der Waals surface area contributed by atoms with Gasteiger partial charge in [0.05, 0.1) is 5.01 Å². The lowest BCUT2D eigenvalue weighted by Gasteiger charge is -2.00. The third-order valence-corrected chi connectivity index (χ3v) is 2.79. The number of amides is 1. The second-order valence-electron chi connectivity index (χ2n) is 2.96. The van der Waals surface area contributed by atoms with Gasteiger partial charge in [-0.2, -0.15) is 0 Å². The van der Waals surface area contributed by atoms with E-state index in [1.54, 1.807) is 0 Å². The highest BCUT2D eigenvalue weighted by Gasteiger charge is 2.15. The summed E-state index contributed by atoms with van der Waals surface area (Å²) in [4.78, 5) is 16.0. The standard InChI is InChI=1S/C8H12N2OS/c1-4(2)7-6(8(9)11)10-5(3)12-7/h4H,1-3H3,(H2,9,11). The molecule has 2 N–H and O–H groups in total. The minimum absolute atomic E-state index is 0.318. The van der Waals surface area contributed by atoms with E-state index in [2.05, 4.69) is 4.98 Å². The molecule has 0 fully saturated rings. The third-order valence-electron chi connectivity index (χ3n) is 1.52. The second kappa shape index (κ2) is 3.23. The second-order valence-corrected chi connectivity index (χ2v) is 4.20. The van der Waals surface area contributed by atoms with Crippen LogP contribution in [-0.4, -0.2) is 10.9 Å². The highest BCUT2D eigenvalue weighted by molar-refractivity contribution is 7.12. The number of thiazole rings is 1. The first kappa shape index (κ1) is 9.19. The molecule has 1 aromatic heterocycles. The average Bonchev–Trinajstić information content (AvgIpc) is 2.31. The number of rotatable bonds is 2. The summed E-state index contributed by atoms with van der Waals surface area (Å²) in [6.07, 6.45) is 0. The quantitative estimate of drug-likeness (QED) is 0.760. The van der Waals surface area contributed by atoms with Crippen LogP contribution in [0.3, 0.4) is 0 Å². The zero-order valence-corrected chi connectivity index (χ0v) is 8.23. The lowest BCUT2D eigenvalue weighted by molar-refractivity contribution is 0.0995. The number of aryl methyl sites for hydroxylation is 1. The van der Waals surface area contributed by atoms with Gasteiger partial charge in [-0.1, -0.05) is 13.8 Å². The molecule has 1 heterocycles. The summed E-state index contributed by atoms with van der Waals surface area (Å²) in [5.74, 6) is -0.109. The number of carbonyl (C=O) groups is 1.